The van der Waals surface area contributed by atoms with Crippen molar-refractivity contribution in [3.63, 3.8) is 0 Å². The fourth-order valence-electron chi connectivity index (χ4n) is 2.02. The van der Waals surface area contributed by atoms with Crippen molar-refractivity contribution in [2.45, 2.75) is 6.42 Å². The van der Waals surface area contributed by atoms with E-state index in [1.165, 1.54) is 11.9 Å². The molecule has 2 aliphatic rings. The second kappa shape index (κ2) is 3.89. The van der Waals surface area contributed by atoms with Gasteiger partial charge in [-0.3, -0.25) is 4.79 Å². The zero-order valence-corrected chi connectivity index (χ0v) is 9.83. The van der Waals surface area contributed by atoms with Crippen LogP contribution in [0.2, 0.25) is 0 Å². The predicted molar refractivity (Wildman–Crippen MR) is 69.5 cm³/mol. The van der Waals surface area contributed by atoms with Crippen molar-refractivity contribution in [3.05, 3.63) is 51.9 Å². The van der Waals surface area contributed by atoms with Crippen molar-refractivity contribution in [2.24, 2.45) is 4.40 Å². The summed E-state index contributed by atoms with van der Waals surface area (Å²) in [6.07, 6.45) is 4.30. The number of rotatable bonds is 0. The van der Waals surface area contributed by atoms with Gasteiger partial charge in [0.05, 0.1) is 5.36 Å². The number of carbonyl (C=O) groups is 1. The van der Waals surface area contributed by atoms with Crippen LogP contribution >= 0.6 is 11.9 Å². The smallest absolute Gasteiger partial charge is 0.167 e. The van der Waals surface area contributed by atoms with Crippen molar-refractivity contribution in [2.75, 3.05) is 5.73 Å². The van der Waals surface area contributed by atoms with E-state index >= 15 is 0 Å². The van der Waals surface area contributed by atoms with Gasteiger partial charge < -0.3 is 5.73 Å². The molecule has 3 nitrogen and oxygen atoms in total. The third kappa shape index (κ3) is 1.70. The molecular formula is C13H10N2OS. The third-order valence-corrected chi connectivity index (χ3v) is 3.45. The van der Waals surface area contributed by atoms with Crippen molar-refractivity contribution < 1.29 is 4.79 Å². The first kappa shape index (κ1) is 10.4. The van der Waals surface area contributed by atoms with Crippen LogP contribution < -0.4 is 16.3 Å². The van der Waals surface area contributed by atoms with E-state index < -0.39 is 0 Å². The zero-order chi connectivity index (χ0) is 11.8. The standard InChI is InChI=1S/C13H10N2OS/c14-9-4-5-11-10(6-9)13-8(7-17-15-11)2-1-3-12(13)16/h1-2,4-7H,3,14H2. The first-order chi connectivity index (χ1) is 8.25. The molecule has 1 aliphatic carbocycles. The Morgan fingerprint density at radius 3 is 3.12 bits per heavy atom. The van der Waals surface area contributed by atoms with Gasteiger partial charge in [-0.05, 0) is 23.8 Å². The first-order valence-corrected chi connectivity index (χ1v) is 6.13. The first-order valence-electron chi connectivity index (χ1n) is 5.30. The van der Waals surface area contributed by atoms with Crippen LogP contribution in [0.5, 0.6) is 0 Å². The van der Waals surface area contributed by atoms with E-state index in [2.05, 4.69) is 4.40 Å². The maximum atomic E-state index is 12.0. The molecule has 1 aliphatic heterocycles. The molecule has 0 amide bonds. The van der Waals surface area contributed by atoms with Crippen LogP contribution in [-0.2, 0) is 4.79 Å². The number of nitrogen functional groups attached to an aromatic ring is 1. The molecule has 1 aromatic rings. The molecule has 1 heterocycles. The Labute approximate surface area is 103 Å². The topological polar surface area (TPSA) is 55.5 Å². The maximum absolute atomic E-state index is 12.0. The lowest BCUT2D eigenvalue weighted by Crippen LogP contribution is -2.30. The van der Waals surface area contributed by atoms with E-state index in [0.29, 0.717) is 12.1 Å². The summed E-state index contributed by atoms with van der Waals surface area (Å²) in [5, 5.41) is 3.56. The molecule has 84 valence electrons. The number of carbonyl (C=O) groups excluding carboxylic acids is 1. The number of anilines is 1. The molecule has 17 heavy (non-hydrogen) atoms. The van der Waals surface area contributed by atoms with Gasteiger partial charge in [0.1, 0.15) is 0 Å². The van der Waals surface area contributed by atoms with Gasteiger partial charge in [-0.15, -0.1) is 0 Å². The number of benzene rings is 1. The van der Waals surface area contributed by atoms with Crippen molar-refractivity contribution >= 4 is 29.0 Å². The average Bonchev–Trinajstić information content (AvgIpc) is 2.49. The molecule has 0 aromatic heterocycles. The Kier molecular flexibility index (Phi) is 2.37. The Morgan fingerprint density at radius 2 is 2.24 bits per heavy atom. The van der Waals surface area contributed by atoms with Gasteiger partial charge in [0.25, 0.3) is 0 Å². The van der Waals surface area contributed by atoms with Crippen LogP contribution in [0.25, 0.3) is 5.57 Å². The SMILES string of the molecule is Nc1ccc2c(c1)=C1C(=O)CC=CC1=CSN=2. The Balaban J connectivity index is 2.47. The van der Waals surface area contributed by atoms with Gasteiger partial charge >= 0.3 is 0 Å². The minimum Gasteiger partial charge on any atom is -0.399 e. The van der Waals surface area contributed by atoms with Gasteiger partial charge in [-0.1, -0.05) is 12.2 Å². The van der Waals surface area contributed by atoms with E-state index in [9.17, 15) is 4.79 Å². The van der Waals surface area contributed by atoms with Crippen molar-refractivity contribution in [1.29, 1.82) is 0 Å². The van der Waals surface area contributed by atoms with Gasteiger partial charge in [0.15, 0.2) is 5.78 Å². The average molecular weight is 242 g/mol. The normalized spacial score (nSPS) is 17.8. The lowest BCUT2D eigenvalue weighted by Gasteiger charge is -2.10. The maximum Gasteiger partial charge on any atom is 0.167 e. The van der Waals surface area contributed by atoms with Crippen LogP contribution in [0.4, 0.5) is 5.69 Å². The highest BCUT2D eigenvalue weighted by atomic mass is 32.2. The van der Waals surface area contributed by atoms with Crippen LogP contribution in [0.3, 0.4) is 0 Å². The largest absolute Gasteiger partial charge is 0.399 e. The lowest BCUT2D eigenvalue weighted by atomic mass is 9.93. The number of hydrogen-bond donors (Lipinski definition) is 1. The zero-order valence-electron chi connectivity index (χ0n) is 9.01. The van der Waals surface area contributed by atoms with E-state index in [-0.39, 0.29) is 5.78 Å². The Bertz CT molecular complexity index is 686. The molecule has 0 spiro atoms. The highest BCUT2D eigenvalue weighted by Gasteiger charge is 2.18. The Hall–Kier alpha value is -1.81. The summed E-state index contributed by atoms with van der Waals surface area (Å²) < 4.78 is 4.36. The highest BCUT2D eigenvalue weighted by molar-refractivity contribution is 8.00. The van der Waals surface area contributed by atoms with E-state index in [1.807, 2.05) is 29.7 Å². The van der Waals surface area contributed by atoms with Gasteiger partial charge in [-0.25, -0.2) is 4.40 Å². The van der Waals surface area contributed by atoms with Crippen LogP contribution in [0, 0.1) is 0 Å². The lowest BCUT2D eigenvalue weighted by molar-refractivity contribution is -0.113. The number of ketones is 1. The molecule has 0 atom stereocenters. The van der Waals surface area contributed by atoms with E-state index in [1.54, 1.807) is 6.07 Å². The molecule has 0 saturated heterocycles. The quantitative estimate of drug-likeness (QED) is 0.548. The van der Waals surface area contributed by atoms with Gasteiger partial charge in [0, 0.05) is 40.3 Å². The predicted octanol–water partition coefficient (Wildman–Crippen LogP) is 1.11. The highest BCUT2D eigenvalue weighted by Crippen LogP contribution is 2.24. The van der Waals surface area contributed by atoms with Gasteiger partial charge in [-0.2, -0.15) is 0 Å². The number of nitrogens with two attached hydrogens (primary N) is 1. The summed E-state index contributed by atoms with van der Waals surface area (Å²) in [6, 6.07) is 5.48. The van der Waals surface area contributed by atoms with E-state index in [0.717, 1.165) is 21.7 Å². The fraction of sp³-hybridized carbons (Fsp3) is 0.0769. The summed E-state index contributed by atoms with van der Waals surface area (Å²) in [5.74, 6) is 0.128. The monoisotopic (exact) mass is 242 g/mol. The molecule has 4 heteroatoms. The second-order valence-electron chi connectivity index (χ2n) is 3.95. The molecule has 0 saturated carbocycles. The number of nitrogens with zero attached hydrogens (tertiary/aromatic N) is 1. The molecule has 0 unspecified atom stereocenters. The summed E-state index contributed by atoms with van der Waals surface area (Å²) in [5.41, 5.74) is 8.11. The third-order valence-electron chi connectivity index (χ3n) is 2.79. The molecule has 3 rings (SSSR count). The Morgan fingerprint density at radius 1 is 1.35 bits per heavy atom. The van der Waals surface area contributed by atoms with Gasteiger partial charge in [0.2, 0.25) is 0 Å². The number of Topliss-reactive ketones (excluding diaryl/α,β-unsaturated/α-hetero) is 1. The summed E-state index contributed by atoms with van der Waals surface area (Å²) in [7, 11) is 0. The summed E-state index contributed by atoms with van der Waals surface area (Å²) in [6.45, 7) is 0. The van der Waals surface area contributed by atoms with Crippen molar-refractivity contribution in [1.82, 2.24) is 0 Å². The molecule has 0 bridgehead atoms. The van der Waals surface area contributed by atoms with Crippen molar-refractivity contribution in [3.8, 4) is 0 Å². The minimum absolute atomic E-state index is 0.128. The molecule has 0 radical (unpaired) electrons. The minimum atomic E-state index is 0.128. The molecular weight excluding hydrogens is 232 g/mol. The molecule has 2 N–H and O–H groups in total. The summed E-state index contributed by atoms with van der Waals surface area (Å²) >= 11 is 1.35. The number of fused-ring (bicyclic) bond motifs is 2. The van der Waals surface area contributed by atoms with Crippen LogP contribution in [-0.4, -0.2) is 5.78 Å². The van der Waals surface area contributed by atoms with Crippen LogP contribution in [0.15, 0.2) is 45.7 Å². The van der Waals surface area contributed by atoms with Crippen LogP contribution in [0.1, 0.15) is 6.42 Å². The summed E-state index contributed by atoms with van der Waals surface area (Å²) in [4.78, 5) is 12.0. The molecule has 0 fully saturated rings. The second-order valence-corrected chi connectivity index (χ2v) is 4.58. The van der Waals surface area contributed by atoms with E-state index in [4.69, 9.17) is 5.73 Å². The number of hydrogen-bond acceptors (Lipinski definition) is 4. The number of allylic oxidation sites excluding steroid dienone is 3. The molecule has 1 aromatic carbocycles. The fourth-order valence-corrected chi connectivity index (χ4v) is 2.65.